The smallest absolute Gasteiger partial charge is 0.0759 e. The lowest BCUT2D eigenvalue weighted by Crippen LogP contribution is -2.15. The summed E-state index contributed by atoms with van der Waals surface area (Å²) < 4.78 is 0. The van der Waals surface area contributed by atoms with E-state index in [1.807, 2.05) is 6.07 Å². The van der Waals surface area contributed by atoms with Gasteiger partial charge < -0.3 is 5.84 Å². The van der Waals surface area contributed by atoms with Gasteiger partial charge in [-0.1, -0.05) is 84.9 Å². The largest absolute Gasteiger partial charge is 0.323 e. The molecule has 0 aromatic heterocycles. The molecule has 0 bridgehead atoms. The molecule has 112 valence electrons. The van der Waals surface area contributed by atoms with E-state index in [9.17, 15) is 0 Å². The van der Waals surface area contributed by atoms with Gasteiger partial charge in [-0.3, -0.25) is 0 Å². The minimum atomic E-state index is 0.154. The Hall–Kier alpha value is -2.87. The lowest BCUT2D eigenvalue weighted by atomic mass is 9.81. The molecule has 0 saturated carbocycles. The molecule has 0 fully saturated rings. The molecule has 2 nitrogen and oxygen atoms in total. The van der Waals surface area contributed by atoms with Crippen molar-refractivity contribution in [2.45, 2.75) is 11.8 Å². The second-order valence-electron chi connectivity index (χ2n) is 5.88. The molecule has 0 spiro atoms. The van der Waals surface area contributed by atoms with Crippen LogP contribution in [0.5, 0.6) is 0 Å². The van der Waals surface area contributed by atoms with Crippen molar-refractivity contribution in [3.05, 3.63) is 107 Å². The normalized spacial score (nSPS) is 21.3. The average molecular weight is 298 g/mol. The standard InChI is InChI=1S/C21H18N2/c22-23-21-18-14-8-7-13-17(18)19(15-9-3-1-4-10-15)20(21)16-11-5-2-6-12-16/h1-14,19-20H,22H2/b23-21+. The van der Waals surface area contributed by atoms with Crippen LogP contribution in [0.4, 0.5) is 0 Å². The van der Waals surface area contributed by atoms with E-state index >= 15 is 0 Å². The van der Waals surface area contributed by atoms with Crippen molar-refractivity contribution >= 4 is 5.71 Å². The van der Waals surface area contributed by atoms with E-state index in [0.29, 0.717) is 0 Å². The van der Waals surface area contributed by atoms with Gasteiger partial charge in [0.1, 0.15) is 0 Å². The van der Waals surface area contributed by atoms with Gasteiger partial charge in [0.15, 0.2) is 0 Å². The SMILES string of the molecule is N/N=C1\c2ccccc2C(c2ccccc2)C1c1ccccc1. The topological polar surface area (TPSA) is 38.4 Å². The van der Waals surface area contributed by atoms with Crippen LogP contribution in [0.25, 0.3) is 0 Å². The lowest BCUT2D eigenvalue weighted by molar-refractivity contribution is 0.774. The van der Waals surface area contributed by atoms with E-state index in [1.165, 1.54) is 16.7 Å². The number of rotatable bonds is 2. The quantitative estimate of drug-likeness (QED) is 0.556. The summed E-state index contributed by atoms with van der Waals surface area (Å²) in [7, 11) is 0. The molecule has 3 aromatic carbocycles. The van der Waals surface area contributed by atoms with Crippen molar-refractivity contribution in [1.29, 1.82) is 0 Å². The Balaban J connectivity index is 1.96. The molecule has 2 unspecified atom stereocenters. The summed E-state index contributed by atoms with van der Waals surface area (Å²) in [6.07, 6.45) is 0. The molecule has 0 saturated heterocycles. The van der Waals surface area contributed by atoms with Crippen molar-refractivity contribution < 1.29 is 0 Å². The Morgan fingerprint density at radius 1 is 0.609 bits per heavy atom. The lowest BCUT2D eigenvalue weighted by Gasteiger charge is -2.21. The third-order valence-electron chi connectivity index (χ3n) is 4.66. The van der Waals surface area contributed by atoms with Crippen molar-refractivity contribution in [1.82, 2.24) is 0 Å². The fraction of sp³-hybridized carbons (Fsp3) is 0.0952. The molecule has 3 aromatic rings. The Bertz CT molecular complexity index is 838. The highest BCUT2D eigenvalue weighted by Crippen LogP contribution is 2.47. The Labute approximate surface area is 136 Å². The Morgan fingerprint density at radius 2 is 1.13 bits per heavy atom. The van der Waals surface area contributed by atoms with Crippen molar-refractivity contribution in [3.8, 4) is 0 Å². The van der Waals surface area contributed by atoms with Crippen LogP contribution in [0, 0.1) is 0 Å². The van der Waals surface area contributed by atoms with Gasteiger partial charge in [-0.05, 0) is 16.7 Å². The number of nitrogens with two attached hydrogens (primary N) is 1. The van der Waals surface area contributed by atoms with Crippen LogP contribution in [0.3, 0.4) is 0 Å². The number of hydrogen-bond acceptors (Lipinski definition) is 2. The molecule has 4 rings (SSSR count). The maximum absolute atomic E-state index is 5.80. The maximum Gasteiger partial charge on any atom is 0.0759 e. The molecule has 1 aliphatic rings. The second-order valence-corrected chi connectivity index (χ2v) is 5.88. The number of hydrazone groups is 1. The molecule has 1 aliphatic carbocycles. The average Bonchev–Trinajstić information content (AvgIpc) is 2.97. The molecular weight excluding hydrogens is 280 g/mol. The molecule has 2 heteroatoms. The first kappa shape index (κ1) is 13.8. The van der Waals surface area contributed by atoms with Gasteiger partial charge in [-0.2, -0.15) is 5.10 Å². The first-order valence-electron chi connectivity index (χ1n) is 7.87. The Kier molecular flexibility index (Phi) is 3.43. The Morgan fingerprint density at radius 3 is 1.74 bits per heavy atom. The van der Waals surface area contributed by atoms with Gasteiger partial charge in [0, 0.05) is 17.4 Å². The molecule has 0 radical (unpaired) electrons. The van der Waals surface area contributed by atoms with Gasteiger partial charge in [0.25, 0.3) is 0 Å². The predicted molar refractivity (Wildman–Crippen MR) is 94.6 cm³/mol. The summed E-state index contributed by atoms with van der Waals surface area (Å²) in [6, 6.07) is 29.6. The second kappa shape index (κ2) is 5.73. The van der Waals surface area contributed by atoms with Crippen molar-refractivity contribution in [2.24, 2.45) is 10.9 Å². The van der Waals surface area contributed by atoms with Gasteiger partial charge in [-0.25, -0.2) is 0 Å². The van der Waals surface area contributed by atoms with Gasteiger partial charge in [-0.15, -0.1) is 0 Å². The van der Waals surface area contributed by atoms with Crippen LogP contribution in [0.2, 0.25) is 0 Å². The fourth-order valence-electron chi connectivity index (χ4n) is 3.70. The van der Waals surface area contributed by atoms with Crippen molar-refractivity contribution in [2.75, 3.05) is 0 Å². The highest BCUT2D eigenvalue weighted by Gasteiger charge is 2.39. The van der Waals surface area contributed by atoms with Crippen LogP contribution in [0.15, 0.2) is 90.0 Å². The molecule has 0 heterocycles. The number of hydrogen-bond donors (Lipinski definition) is 1. The van der Waals surface area contributed by atoms with Gasteiger partial charge >= 0.3 is 0 Å². The third-order valence-corrected chi connectivity index (χ3v) is 4.66. The molecule has 0 aliphatic heterocycles. The van der Waals surface area contributed by atoms with Crippen LogP contribution >= 0.6 is 0 Å². The van der Waals surface area contributed by atoms with Crippen LogP contribution in [0.1, 0.15) is 34.1 Å². The molecule has 2 N–H and O–H groups in total. The highest BCUT2D eigenvalue weighted by molar-refractivity contribution is 6.10. The van der Waals surface area contributed by atoms with E-state index in [-0.39, 0.29) is 11.8 Å². The number of benzene rings is 3. The summed E-state index contributed by atoms with van der Waals surface area (Å²) in [6.45, 7) is 0. The third kappa shape index (κ3) is 2.23. The van der Waals surface area contributed by atoms with E-state index < -0.39 is 0 Å². The number of nitrogens with zero attached hydrogens (tertiary/aromatic N) is 1. The summed E-state index contributed by atoms with van der Waals surface area (Å²) >= 11 is 0. The van der Waals surface area contributed by atoms with Crippen LogP contribution in [-0.2, 0) is 0 Å². The predicted octanol–water partition coefficient (Wildman–Crippen LogP) is 4.28. The minimum absolute atomic E-state index is 0.154. The first-order chi connectivity index (χ1) is 11.4. The highest BCUT2D eigenvalue weighted by atomic mass is 15.1. The summed E-state index contributed by atoms with van der Waals surface area (Å²) in [5, 5.41) is 4.18. The molecule has 23 heavy (non-hydrogen) atoms. The molecule has 2 atom stereocenters. The fourth-order valence-corrected chi connectivity index (χ4v) is 3.70. The molecular formula is C21H18N2. The van der Waals surface area contributed by atoms with E-state index in [1.54, 1.807) is 0 Å². The van der Waals surface area contributed by atoms with Gasteiger partial charge in [0.2, 0.25) is 0 Å². The molecule has 0 amide bonds. The first-order valence-corrected chi connectivity index (χ1v) is 7.87. The maximum atomic E-state index is 5.80. The van der Waals surface area contributed by atoms with E-state index in [4.69, 9.17) is 5.84 Å². The number of fused-ring (bicyclic) bond motifs is 1. The zero-order valence-corrected chi connectivity index (χ0v) is 12.8. The zero-order valence-electron chi connectivity index (χ0n) is 12.8. The van der Waals surface area contributed by atoms with Crippen LogP contribution in [-0.4, -0.2) is 5.71 Å². The zero-order chi connectivity index (χ0) is 15.6. The monoisotopic (exact) mass is 298 g/mol. The van der Waals surface area contributed by atoms with Crippen molar-refractivity contribution in [3.63, 3.8) is 0 Å². The summed E-state index contributed by atoms with van der Waals surface area (Å²) in [4.78, 5) is 0. The minimum Gasteiger partial charge on any atom is -0.323 e. The van der Waals surface area contributed by atoms with E-state index in [0.717, 1.165) is 11.3 Å². The van der Waals surface area contributed by atoms with Crippen LogP contribution < -0.4 is 5.84 Å². The summed E-state index contributed by atoms with van der Waals surface area (Å²) in [5.41, 5.74) is 5.99. The van der Waals surface area contributed by atoms with Gasteiger partial charge in [0.05, 0.1) is 5.71 Å². The van der Waals surface area contributed by atoms with E-state index in [2.05, 4.69) is 84.0 Å². The summed E-state index contributed by atoms with van der Waals surface area (Å²) in [5.74, 6) is 6.21.